The molecule has 1 rings (SSSR count). The van der Waals surface area contributed by atoms with Gasteiger partial charge in [0.15, 0.2) is 0 Å². The first-order chi connectivity index (χ1) is 5.69. The van der Waals surface area contributed by atoms with Crippen molar-refractivity contribution in [1.82, 2.24) is 4.90 Å². The van der Waals surface area contributed by atoms with Gasteiger partial charge >= 0.3 is 0 Å². The second kappa shape index (κ2) is 5.39. The Morgan fingerprint density at radius 1 is 1.54 bits per heavy atom. The highest BCUT2D eigenvalue weighted by molar-refractivity contribution is 5.85. The molecule has 1 saturated heterocycles. The maximum absolute atomic E-state index is 11.0. The van der Waals surface area contributed by atoms with Crippen LogP contribution in [0.2, 0.25) is 0 Å². The third-order valence-electron chi connectivity index (χ3n) is 2.17. The number of halogens is 1. The Bertz CT molecular complexity index is 179. The zero-order chi connectivity index (χ0) is 9.14. The Kier molecular flexibility index (Phi) is 5.24. The van der Waals surface area contributed by atoms with E-state index >= 15 is 0 Å². The van der Waals surface area contributed by atoms with Crippen LogP contribution in [0.4, 0.5) is 0 Å². The van der Waals surface area contributed by atoms with E-state index < -0.39 is 6.10 Å². The van der Waals surface area contributed by atoms with Crippen molar-refractivity contribution < 1.29 is 15.0 Å². The molecule has 6 heteroatoms. The summed E-state index contributed by atoms with van der Waals surface area (Å²) in [5, 5.41) is 18.1. The molecule has 0 spiro atoms. The minimum atomic E-state index is -0.606. The predicted octanol–water partition coefficient (Wildman–Crippen LogP) is -1.82. The van der Waals surface area contributed by atoms with E-state index in [9.17, 15) is 9.90 Å². The topological polar surface area (TPSA) is 86.8 Å². The molecule has 0 aliphatic carbocycles. The van der Waals surface area contributed by atoms with Crippen molar-refractivity contribution in [3.8, 4) is 0 Å². The molecule has 0 bridgehead atoms. The molecule has 0 radical (unpaired) electrons. The SMILES string of the molecule is Cl.NCC(=O)N1C[C@@H](CO)[C@@H](O)C1. The molecule has 13 heavy (non-hydrogen) atoms. The summed E-state index contributed by atoms with van der Waals surface area (Å²) in [6.07, 6.45) is -0.606. The van der Waals surface area contributed by atoms with Crippen LogP contribution < -0.4 is 5.73 Å². The largest absolute Gasteiger partial charge is 0.396 e. The van der Waals surface area contributed by atoms with Gasteiger partial charge in [0.25, 0.3) is 0 Å². The molecular weight excluding hydrogens is 196 g/mol. The van der Waals surface area contributed by atoms with Gasteiger partial charge in [0, 0.05) is 19.0 Å². The van der Waals surface area contributed by atoms with Gasteiger partial charge in [-0.15, -0.1) is 12.4 Å². The van der Waals surface area contributed by atoms with Crippen molar-refractivity contribution in [1.29, 1.82) is 0 Å². The molecule has 5 nitrogen and oxygen atoms in total. The van der Waals surface area contributed by atoms with E-state index in [1.54, 1.807) is 0 Å². The fourth-order valence-electron chi connectivity index (χ4n) is 1.37. The van der Waals surface area contributed by atoms with Crippen LogP contribution in [0.5, 0.6) is 0 Å². The van der Waals surface area contributed by atoms with Gasteiger partial charge in [-0.2, -0.15) is 0 Å². The molecule has 1 fully saturated rings. The normalized spacial score (nSPS) is 27.2. The smallest absolute Gasteiger partial charge is 0.236 e. The lowest BCUT2D eigenvalue weighted by Crippen LogP contribution is -2.34. The lowest BCUT2D eigenvalue weighted by molar-refractivity contribution is -0.129. The van der Waals surface area contributed by atoms with Crippen molar-refractivity contribution in [2.24, 2.45) is 11.7 Å². The number of β-amino-alcohol motifs (C(OH)–C–C–N with tert-alkyl or cyclic N) is 1. The van der Waals surface area contributed by atoms with Crippen molar-refractivity contribution in [3.05, 3.63) is 0 Å². The van der Waals surface area contributed by atoms with Crippen LogP contribution in [0.15, 0.2) is 0 Å². The van der Waals surface area contributed by atoms with Crippen LogP contribution >= 0.6 is 12.4 Å². The molecule has 1 aliphatic rings. The van der Waals surface area contributed by atoms with E-state index in [4.69, 9.17) is 10.8 Å². The number of hydrogen-bond acceptors (Lipinski definition) is 4. The molecule has 0 aromatic heterocycles. The van der Waals surface area contributed by atoms with Crippen LogP contribution in [0.3, 0.4) is 0 Å². The van der Waals surface area contributed by atoms with E-state index in [-0.39, 0.29) is 37.4 Å². The van der Waals surface area contributed by atoms with Gasteiger partial charge in [-0.25, -0.2) is 0 Å². The third kappa shape index (κ3) is 2.80. The average molecular weight is 211 g/mol. The first kappa shape index (κ1) is 12.6. The molecular formula is C7H15ClN2O3. The summed E-state index contributed by atoms with van der Waals surface area (Å²) in [4.78, 5) is 12.5. The minimum absolute atomic E-state index is 0. The van der Waals surface area contributed by atoms with Gasteiger partial charge in [-0.1, -0.05) is 0 Å². The summed E-state index contributed by atoms with van der Waals surface area (Å²) in [6, 6.07) is 0. The number of rotatable bonds is 2. The predicted molar refractivity (Wildman–Crippen MR) is 49.5 cm³/mol. The van der Waals surface area contributed by atoms with Gasteiger partial charge in [-0.3, -0.25) is 4.79 Å². The number of amides is 1. The highest BCUT2D eigenvalue weighted by atomic mass is 35.5. The molecule has 1 aliphatic heterocycles. The second-order valence-electron chi connectivity index (χ2n) is 3.01. The Morgan fingerprint density at radius 3 is 2.54 bits per heavy atom. The van der Waals surface area contributed by atoms with Crippen LogP contribution in [0.25, 0.3) is 0 Å². The maximum atomic E-state index is 11.0. The number of nitrogens with two attached hydrogens (primary N) is 1. The van der Waals surface area contributed by atoms with Crippen molar-refractivity contribution >= 4 is 18.3 Å². The fourth-order valence-corrected chi connectivity index (χ4v) is 1.37. The van der Waals surface area contributed by atoms with E-state index in [0.29, 0.717) is 13.1 Å². The van der Waals surface area contributed by atoms with E-state index in [2.05, 4.69) is 0 Å². The Labute approximate surface area is 82.9 Å². The van der Waals surface area contributed by atoms with Gasteiger partial charge < -0.3 is 20.8 Å². The summed E-state index contributed by atoms with van der Waals surface area (Å²) < 4.78 is 0. The second-order valence-corrected chi connectivity index (χ2v) is 3.01. The van der Waals surface area contributed by atoms with Crippen LogP contribution in [-0.2, 0) is 4.79 Å². The molecule has 0 unspecified atom stereocenters. The van der Waals surface area contributed by atoms with Gasteiger partial charge in [0.2, 0.25) is 5.91 Å². The monoisotopic (exact) mass is 210 g/mol. The Balaban J connectivity index is 0.00000144. The van der Waals surface area contributed by atoms with E-state index in [1.165, 1.54) is 4.90 Å². The summed E-state index contributed by atoms with van der Waals surface area (Å²) in [6.45, 7) is 0.579. The number of carbonyl (C=O) groups excluding carboxylic acids is 1. The zero-order valence-electron chi connectivity index (χ0n) is 7.22. The number of nitrogens with zero attached hydrogens (tertiary/aromatic N) is 1. The Morgan fingerprint density at radius 2 is 2.15 bits per heavy atom. The standard InChI is InChI=1S/C7H14N2O3.ClH/c8-1-7(12)9-2-5(4-10)6(11)3-9;/h5-6,10-11H,1-4,8H2;1H/t5-,6-;/m0./s1. The fraction of sp³-hybridized carbons (Fsp3) is 0.857. The van der Waals surface area contributed by atoms with Crippen LogP contribution in [-0.4, -0.2) is 53.4 Å². The first-order valence-corrected chi connectivity index (χ1v) is 3.95. The lowest BCUT2D eigenvalue weighted by atomic mass is 10.1. The third-order valence-corrected chi connectivity index (χ3v) is 2.17. The molecule has 2 atom stereocenters. The van der Waals surface area contributed by atoms with Gasteiger partial charge in [0.1, 0.15) is 0 Å². The summed E-state index contributed by atoms with van der Waals surface area (Å²) in [7, 11) is 0. The molecule has 0 saturated carbocycles. The average Bonchev–Trinajstić information content (AvgIpc) is 2.45. The van der Waals surface area contributed by atoms with Crippen LogP contribution in [0, 0.1) is 5.92 Å². The minimum Gasteiger partial charge on any atom is -0.396 e. The molecule has 1 heterocycles. The molecule has 0 aromatic carbocycles. The number of carbonyl (C=O) groups is 1. The van der Waals surface area contributed by atoms with E-state index in [0.717, 1.165) is 0 Å². The van der Waals surface area contributed by atoms with Crippen molar-refractivity contribution in [2.75, 3.05) is 26.2 Å². The van der Waals surface area contributed by atoms with Gasteiger partial charge in [-0.05, 0) is 0 Å². The highest BCUT2D eigenvalue weighted by Gasteiger charge is 2.32. The number of aliphatic hydroxyl groups excluding tert-OH is 2. The van der Waals surface area contributed by atoms with Crippen LogP contribution in [0.1, 0.15) is 0 Å². The maximum Gasteiger partial charge on any atom is 0.236 e. The lowest BCUT2D eigenvalue weighted by Gasteiger charge is -2.13. The molecule has 4 N–H and O–H groups in total. The zero-order valence-corrected chi connectivity index (χ0v) is 8.04. The summed E-state index contributed by atoms with van der Waals surface area (Å²) in [5.74, 6) is -0.384. The quantitative estimate of drug-likeness (QED) is 0.501. The Hall–Kier alpha value is -0.360. The van der Waals surface area contributed by atoms with Crippen molar-refractivity contribution in [2.45, 2.75) is 6.10 Å². The molecule has 0 aromatic rings. The number of hydrogen-bond donors (Lipinski definition) is 3. The molecule has 78 valence electrons. The number of aliphatic hydroxyl groups is 2. The highest BCUT2D eigenvalue weighted by Crippen LogP contribution is 2.15. The van der Waals surface area contributed by atoms with Gasteiger partial charge in [0.05, 0.1) is 19.3 Å². The first-order valence-electron chi connectivity index (χ1n) is 3.95. The van der Waals surface area contributed by atoms with E-state index in [1.807, 2.05) is 0 Å². The molecule has 1 amide bonds. The summed E-state index contributed by atoms with van der Waals surface area (Å²) in [5.41, 5.74) is 5.15. The number of likely N-dealkylation sites (tertiary alicyclic amines) is 1. The summed E-state index contributed by atoms with van der Waals surface area (Å²) >= 11 is 0. The van der Waals surface area contributed by atoms with Crippen molar-refractivity contribution in [3.63, 3.8) is 0 Å².